The number of ether oxygens (including phenoxy) is 3. The Bertz CT molecular complexity index is 1240. The second kappa shape index (κ2) is 63.2. The van der Waals surface area contributed by atoms with Gasteiger partial charge >= 0.3 is 17.9 Å². The zero-order chi connectivity index (χ0) is 53.6. The molecule has 0 aromatic rings. The summed E-state index contributed by atoms with van der Waals surface area (Å²) in [6.45, 7) is 6.66. The van der Waals surface area contributed by atoms with Crippen LogP contribution in [0.1, 0.15) is 361 Å². The highest BCUT2D eigenvalue weighted by Crippen LogP contribution is 2.18. The molecule has 434 valence electrons. The van der Waals surface area contributed by atoms with Crippen molar-refractivity contribution in [3.05, 3.63) is 36.5 Å². The van der Waals surface area contributed by atoms with Gasteiger partial charge in [-0.05, 0) is 77.0 Å². The van der Waals surface area contributed by atoms with Crippen molar-refractivity contribution in [3.63, 3.8) is 0 Å². The van der Waals surface area contributed by atoms with Gasteiger partial charge in [0.05, 0.1) is 0 Å². The predicted molar refractivity (Wildman–Crippen MR) is 321 cm³/mol. The second-order valence-corrected chi connectivity index (χ2v) is 22.4. The van der Waals surface area contributed by atoms with E-state index in [4.69, 9.17) is 14.2 Å². The molecule has 0 amide bonds. The second-order valence-electron chi connectivity index (χ2n) is 22.4. The van der Waals surface area contributed by atoms with Crippen LogP contribution in [0.4, 0.5) is 0 Å². The van der Waals surface area contributed by atoms with Gasteiger partial charge in [0, 0.05) is 19.3 Å². The lowest BCUT2D eigenvalue weighted by molar-refractivity contribution is -0.167. The Labute approximate surface area is 461 Å². The first-order chi connectivity index (χ1) is 36.5. The summed E-state index contributed by atoms with van der Waals surface area (Å²) in [5.74, 6) is -0.852. The molecule has 0 aliphatic rings. The highest BCUT2D eigenvalue weighted by molar-refractivity contribution is 5.71. The highest BCUT2D eigenvalue weighted by atomic mass is 16.6. The van der Waals surface area contributed by atoms with E-state index in [9.17, 15) is 14.4 Å². The van der Waals surface area contributed by atoms with Crippen LogP contribution < -0.4 is 0 Å². The molecular weight excluding hydrogens is 913 g/mol. The minimum atomic E-state index is -0.771. The average molecular weight is 1040 g/mol. The molecule has 0 aliphatic heterocycles. The molecule has 0 bridgehead atoms. The SMILES string of the molecule is CCCCC/C=C\C/C=C\CCCCCCCCCCCC(=O)OC(COC(=O)CCCCCCCCCCCC)COC(=O)CCCCCCCCCCCCCCCCC/C=C\CCCCCCCCCC. The molecule has 1 atom stereocenters. The molecule has 6 nitrogen and oxygen atoms in total. The van der Waals surface area contributed by atoms with Gasteiger partial charge in [-0.2, -0.15) is 0 Å². The quantitative estimate of drug-likeness (QED) is 0.0261. The van der Waals surface area contributed by atoms with Gasteiger partial charge in [-0.3, -0.25) is 14.4 Å². The number of allylic oxidation sites excluding steroid dienone is 6. The van der Waals surface area contributed by atoms with E-state index in [1.54, 1.807) is 0 Å². The number of unbranched alkanes of at least 4 members (excludes halogenated alkanes) is 44. The average Bonchev–Trinajstić information content (AvgIpc) is 3.40. The van der Waals surface area contributed by atoms with Crippen molar-refractivity contribution in [1.82, 2.24) is 0 Å². The van der Waals surface area contributed by atoms with Gasteiger partial charge < -0.3 is 14.2 Å². The van der Waals surface area contributed by atoms with Crippen molar-refractivity contribution in [3.8, 4) is 0 Å². The number of esters is 3. The van der Waals surface area contributed by atoms with Crippen molar-refractivity contribution in [2.75, 3.05) is 13.2 Å². The van der Waals surface area contributed by atoms with Crippen LogP contribution in [-0.2, 0) is 28.6 Å². The Morgan fingerprint density at radius 2 is 0.486 bits per heavy atom. The van der Waals surface area contributed by atoms with E-state index < -0.39 is 6.10 Å². The van der Waals surface area contributed by atoms with Gasteiger partial charge in [-0.25, -0.2) is 0 Å². The number of carbonyl (C=O) groups excluding carboxylic acids is 3. The summed E-state index contributed by atoms with van der Waals surface area (Å²) < 4.78 is 16.9. The van der Waals surface area contributed by atoms with Gasteiger partial charge in [0.2, 0.25) is 0 Å². The van der Waals surface area contributed by atoms with Crippen LogP contribution in [0.15, 0.2) is 36.5 Å². The van der Waals surface area contributed by atoms with Crippen LogP contribution in [0.3, 0.4) is 0 Å². The smallest absolute Gasteiger partial charge is 0.306 e. The van der Waals surface area contributed by atoms with Gasteiger partial charge in [0.25, 0.3) is 0 Å². The molecule has 1 unspecified atom stereocenters. The molecule has 0 heterocycles. The maximum Gasteiger partial charge on any atom is 0.306 e. The molecule has 0 aliphatic carbocycles. The van der Waals surface area contributed by atoms with E-state index in [2.05, 4.69) is 57.2 Å². The third-order valence-corrected chi connectivity index (χ3v) is 14.9. The molecule has 0 saturated heterocycles. The van der Waals surface area contributed by atoms with Crippen LogP contribution >= 0.6 is 0 Å². The van der Waals surface area contributed by atoms with Crippen LogP contribution in [0.5, 0.6) is 0 Å². The normalized spacial score (nSPS) is 12.2. The summed E-state index contributed by atoms with van der Waals surface area (Å²) in [4.78, 5) is 38.2. The third kappa shape index (κ3) is 60.5. The Morgan fingerprint density at radius 3 is 0.784 bits per heavy atom. The molecule has 0 radical (unpaired) electrons. The van der Waals surface area contributed by atoms with Crippen LogP contribution in [0.25, 0.3) is 0 Å². The fourth-order valence-corrected chi connectivity index (χ4v) is 9.88. The maximum absolute atomic E-state index is 12.9. The molecule has 0 saturated carbocycles. The van der Waals surface area contributed by atoms with E-state index in [0.29, 0.717) is 19.3 Å². The Hall–Kier alpha value is -2.37. The molecular formula is C68H126O6. The number of rotatable bonds is 61. The standard InChI is InChI=1S/C68H126O6/c1-4-7-10-13-16-19-22-24-26-28-30-31-32-33-34-35-36-37-39-40-42-44-46-49-52-55-58-61-67(70)73-64-65(63-72-66(69)60-57-54-51-48-21-18-15-12-9-6-3)74-68(71)62-59-56-53-50-47-45-43-41-38-29-27-25-23-20-17-14-11-8-5-2/h17,20,25,27-28,30,65H,4-16,18-19,21-24,26,29,31-64H2,1-3H3/b20-17-,27-25-,30-28-. The molecule has 0 rings (SSSR count). The molecule has 0 N–H and O–H groups in total. The zero-order valence-corrected chi connectivity index (χ0v) is 49.9. The van der Waals surface area contributed by atoms with Gasteiger partial charge in [-0.15, -0.1) is 0 Å². The van der Waals surface area contributed by atoms with E-state index in [1.165, 1.54) is 257 Å². The van der Waals surface area contributed by atoms with Crippen molar-refractivity contribution < 1.29 is 28.6 Å². The lowest BCUT2D eigenvalue weighted by Crippen LogP contribution is -2.30. The molecule has 6 heteroatoms. The maximum atomic E-state index is 12.9. The van der Waals surface area contributed by atoms with Crippen molar-refractivity contribution in [1.29, 1.82) is 0 Å². The van der Waals surface area contributed by atoms with E-state index in [-0.39, 0.29) is 31.1 Å². The Kier molecular flexibility index (Phi) is 61.1. The van der Waals surface area contributed by atoms with E-state index in [1.807, 2.05) is 0 Å². The van der Waals surface area contributed by atoms with E-state index in [0.717, 1.165) is 64.2 Å². The van der Waals surface area contributed by atoms with Crippen molar-refractivity contribution in [2.24, 2.45) is 0 Å². The minimum absolute atomic E-state index is 0.0692. The first-order valence-electron chi connectivity index (χ1n) is 33.0. The monoisotopic (exact) mass is 1040 g/mol. The molecule has 74 heavy (non-hydrogen) atoms. The predicted octanol–water partition coefficient (Wildman–Crippen LogP) is 22.4. The molecule has 0 aromatic heterocycles. The van der Waals surface area contributed by atoms with Crippen molar-refractivity contribution in [2.45, 2.75) is 367 Å². The summed E-state index contributed by atoms with van der Waals surface area (Å²) in [6, 6.07) is 0. The van der Waals surface area contributed by atoms with Crippen LogP contribution in [0, 0.1) is 0 Å². The summed E-state index contributed by atoms with van der Waals surface area (Å²) >= 11 is 0. The topological polar surface area (TPSA) is 78.9 Å². The lowest BCUT2D eigenvalue weighted by Gasteiger charge is -2.18. The summed E-state index contributed by atoms with van der Waals surface area (Å²) in [6.07, 6.45) is 77.4. The largest absolute Gasteiger partial charge is 0.462 e. The van der Waals surface area contributed by atoms with Gasteiger partial charge in [-0.1, -0.05) is 301 Å². The summed E-state index contributed by atoms with van der Waals surface area (Å²) in [5, 5.41) is 0. The fraction of sp³-hybridized carbons (Fsp3) is 0.868. The molecule has 0 fully saturated rings. The zero-order valence-electron chi connectivity index (χ0n) is 49.9. The van der Waals surface area contributed by atoms with E-state index >= 15 is 0 Å². The number of carbonyl (C=O) groups is 3. The van der Waals surface area contributed by atoms with Gasteiger partial charge in [0.15, 0.2) is 6.10 Å². The Morgan fingerprint density at radius 1 is 0.270 bits per heavy atom. The van der Waals surface area contributed by atoms with Crippen LogP contribution in [0.2, 0.25) is 0 Å². The van der Waals surface area contributed by atoms with Gasteiger partial charge in [0.1, 0.15) is 13.2 Å². The molecule has 0 aromatic carbocycles. The van der Waals surface area contributed by atoms with Crippen molar-refractivity contribution >= 4 is 17.9 Å². The number of hydrogen-bond acceptors (Lipinski definition) is 6. The molecule has 0 spiro atoms. The van der Waals surface area contributed by atoms with Crippen LogP contribution in [-0.4, -0.2) is 37.2 Å². The number of hydrogen-bond donors (Lipinski definition) is 0. The first kappa shape index (κ1) is 71.6. The fourth-order valence-electron chi connectivity index (χ4n) is 9.88. The lowest BCUT2D eigenvalue weighted by atomic mass is 10.0. The summed E-state index contributed by atoms with van der Waals surface area (Å²) in [7, 11) is 0. The summed E-state index contributed by atoms with van der Waals surface area (Å²) in [5.41, 5.74) is 0. The minimum Gasteiger partial charge on any atom is -0.462 e. The Balaban J connectivity index is 4.16. The first-order valence-corrected chi connectivity index (χ1v) is 33.0. The third-order valence-electron chi connectivity index (χ3n) is 14.9. The highest BCUT2D eigenvalue weighted by Gasteiger charge is 2.19.